The second kappa shape index (κ2) is 7.95. The Hall–Kier alpha value is -3.35. The highest BCUT2D eigenvalue weighted by Gasteiger charge is 2.39. The number of esters is 3. The molecule has 1 fully saturated rings. The number of benzene rings is 1. The fourth-order valence-electron chi connectivity index (χ4n) is 2.63. The van der Waals surface area contributed by atoms with Crippen LogP contribution in [0.5, 0.6) is 0 Å². The van der Waals surface area contributed by atoms with E-state index in [1.807, 2.05) is 13.8 Å². The number of carbonyl (C=O) groups is 3. The van der Waals surface area contributed by atoms with E-state index in [1.165, 1.54) is 19.9 Å². The molecule has 1 aromatic heterocycles. The maximum atomic E-state index is 12.2. The molecular weight excluding hydrogens is 376 g/mol. The van der Waals surface area contributed by atoms with Crippen molar-refractivity contribution in [2.24, 2.45) is 5.92 Å². The molecule has 0 unspecified atom stereocenters. The molecular formula is C22H22O7. The minimum Gasteiger partial charge on any atom is -0.462 e. The highest BCUT2D eigenvalue weighted by molar-refractivity contribution is 6.18. The summed E-state index contributed by atoms with van der Waals surface area (Å²) in [5.41, 5.74) is 0.806. The minimum absolute atomic E-state index is 0.242. The topological polar surface area (TPSA) is 92.0 Å². The SMILES string of the molecule is CC(C)COC(=O)c1cccc(-c2ccc(C=C3C(=O)OC(C)(C)OC3=O)o2)c1. The van der Waals surface area contributed by atoms with Crippen molar-refractivity contribution in [2.45, 2.75) is 33.5 Å². The van der Waals surface area contributed by atoms with E-state index in [0.29, 0.717) is 23.5 Å². The summed E-state index contributed by atoms with van der Waals surface area (Å²) in [4.78, 5) is 36.3. The highest BCUT2D eigenvalue weighted by Crippen LogP contribution is 2.27. The third-order valence-electron chi connectivity index (χ3n) is 3.96. The van der Waals surface area contributed by atoms with Crippen LogP contribution in [0.25, 0.3) is 17.4 Å². The number of cyclic esters (lactones) is 2. The Morgan fingerprint density at radius 1 is 1.10 bits per heavy atom. The van der Waals surface area contributed by atoms with Crippen molar-refractivity contribution in [1.82, 2.24) is 0 Å². The molecule has 3 rings (SSSR count). The predicted octanol–water partition coefficient (Wildman–Crippen LogP) is 3.98. The molecule has 0 amide bonds. The number of furan rings is 1. The average molecular weight is 398 g/mol. The second-order valence-electron chi connectivity index (χ2n) is 7.51. The van der Waals surface area contributed by atoms with Crippen LogP contribution in [0, 0.1) is 5.92 Å². The Bertz CT molecular complexity index is 957. The van der Waals surface area contributed by atoms with Crippen LogP contribution in [-0.4, -0.2) is 30.3 Å². The predicted molar refractivity (Wildman–Crippen MR) is 104 cm³/mol. The molecule has 7 heteroatoms. The Morgan fingerprint density at radius 2 is 1.79 bits per heavy atom. The van der Waals surface area contributed by atoms with Crippen LogP contribution in [0.4, 0.5) is 0 Å². The maximum Gasteiger partial charge on any atom is 0.348 e. The van der Waals surface area contributed by atoms with Crippen LogP contribution in [0.15, 0.2) is 46.4 Å². The lowest BCUT2D eigenvalue weighted by molar-refractivity contribution is -0.222. The Labute approximate surface area is 168 Å². The normalized spacial score (nSPS) is 15.7. The first kappa shape index (κ1) is 20.4. The molecule has 2 aromatic rings. The Balaban J connectivity index is 1.80. The standard InChI is InChI=1S/C22H22O7/c1-13(2)12-26-19(23)15-7-5-6-14(10-15)18-9-8-16(27-18)11-17-20(24)28-22(3,4)29-21(17)25/h5-11,13H,12H2,1-4H3. The first-order chi connectivity index (χ1) is 13.6. The van der Waals surface area contributed by atoms with Gasteiger partial charge in [-0.05, 0) is 30.2 Å². The van der Waals surface area contributed by atoms with E-state index < -0.39 is 23.7 Å². The molecule has 0 bridgehead atoms. The van der Waals surface area contributed by atoms with Gasteiger partial charge in [-0.2, -0.15) is 0 Å². The Morgan fingerprint density at radius 3 is 2.45 bits per heavy atom. The molecule has 1 saturated heterocycles. The van der Waals surface area contributed by atoms with Crippen molar-refractivity contribution in [3.63, 3.8) is 0 Å². The Kier molecular flexibility index (Phi) is 5.59. The number of hydrogen-bond acceptors (Lipinski definition) is 7. The van der Waals surface area contributed by atoms with E-state index in [4.69, 9.17) is 18.6 Å². The molecule has 152 valence electrons. The van der Waals surface area contributed by atoms with Crippen LogP contribution < -0.4 is 0 Å². The quantitative estimate of drug-likeness (QED) is 0.427. The summed E-state index contributed by atoms with van der Waals surface area (Å²) in [7, 11) is 0. The minimum atomic E-state index is -1.30. The van der Waals surface area contributed by atoms with Gasteiger partial charge >= 0.3 is 17.9 Å². The summed E-state index contributed by atoms with van der Waals surface area (Å²) in [6, 6.07) is 10.1. The smallest absolute Gasteiger partial charge is 0.348 e. The molecule has 0 saturated carbocycles. The largest absolute Gasteiger partial charge is 0.462 e. The summed E-state index contributed by atoms with van der Waals surface area (Å²) in [5, 5.41) is 0. The molecule has 0 N–H and O–H groups in total. The summed E-state index contributed by atoms with van der Waals surface area (Å²) in [6.07, 6.45) is 1.27. The van der Waals surface area contributed by atoms with Crippen molar-refractivity contribution in [1.29, 1.82) is 0 Å². The summed E-state index contributed by atoms with van der Waals surface area (Å²) in [6.45, 7) is 7.21. The van der Waals surface area contributed by atoms with Gasteiger partial charge in [0.1, 0.15) is 17.1 Å². The summed E-state index contributed by atoms with van der Waals surface area (Å²) >= 11 is 0. The van der Waals surface area contributed by atoms with Crippen molar-refractivity contribution < 1.29 is 33.0 Å². The van der Waals surface area contributed by atoms with Crippen LogP contribution in [0.2, 0.25) is 0 Å². The lowest BCUT2D eigenvalue weighted by Crippen LogP contribution is -2.41. The van der Waals surface area contributed by atoms with E-state index >= 15 is 0 Å². The van der Waals surface area contributed by atoms with E-state index in [2.05, 4.69) is 0 Å². The van der Waals surface area contributed by atoms with Crippen LogP contribution in [0.1, 0.15) is 43.8 Å². The van der Waals surface area contributed by atoms with Gasteiger partial charge in [-0.25, -0.2) is 14.4 Å². The van der Waals surface area contributed by atoms with E-state index in [0.717, 1.165) is 0 Å². The van der Waals surface area contributed by atoms with Gasteiger partial charge in [0.05, 0.1) is 12.2 Å². The summed E-state index contributed by atoms with van der Waals surface area (Å²) in [5.74, 6) is -2.29. The van der Waals surface area contributed by atoms with Crippen molar-refractivity contribution >= 4 is 24.0 Å². The van der Waals surface area contributed by atoms with Crippen LogP contribution in [-0.2, 0) is 23.8 Å². The molecule has 0 spiro atoms. The molecule has 7 nitrogen and oxygen atoms in total. The number of carbonyl (C=O) groups excluding carboxylic acids is 3. The fourth-order valence-corrected chi connectivity index (χ4v) is 2.63. The number of ether oxygens (including phenoxy) is 3. The first-order valence-corrected chi connectivity index (χ1v) is 9.20. The molecule has 0 atom stereocenters. The lowest BCUT2D eigenvalue weighted by atomic mass is 10.1. The zero-order valence-electron chi connectivity index (χ0n) is 16.7. The third-order valence-corrected chi connectivity index (χ3v) is 3.96. The lowest BCUT2D eigenvalue weighted by Gasteiger charge is -2.29. The van der Waals surface area contributed by atoms with Gasteiger partial charge in [0.2, 0.25) is 0 Å². The molecule has 29 heavy (non-hydrogen) atoms. The van der Waals surface area contributed by atoms with Gasteiger partial charge in [-0.3, -0.25) is 0 Å². The van der Waals surface area contributed by atoms with E-state index in [-0.39, 0.29) is 17.3 Å². The zero-order valence-corrected chi connectivity index (χ0v) is 16.7. The van der Waals surface area contributed by atoms with Gasteiger partial charge in [-0.15, -0.1) is 0 Å². The van der Waals surface area contributed by atoms with Crippen molar-refractivity contribution in [3.8, 4) is 11.3 Å². The van der Waals surface area contributed by atoms with E-state index in [1.54, 1.807) is 36.4 Å². The molecule has 2 heterocycles. The van der Waals surface area contributed by atoms with Gasteiger partial charge in [0.15, 0.2) is 0 Å². The molecule has 1 aliphatic rings. The van der Waals surface area contributed by atoms with Crippen molar-refractivity contribution in [2.75, 3.05) is 6.61 Å². The molecule has 0 radical (unpaired) electrons. The van der Waals surface area contributed by atoms with Crippen LogP contribution in [0.3, 0.4) is 0 Å². The second-order valence-corrected chi connectivity index (χ2v) is 7.51. The van der Waals surface area contributed by atoms with Crippen molar-refractivity contribution in [3.05, 3.63) is 53.3 Å². The summed E-state index contributed by atoms with van der Waals surface area (Å²) < 4.78 is 21.1. The molecule has 1 aliphatic heterocycles. The highest BCUT2D eigenvalue weighted by atomic mass is 16.7. The molecule has 0 aliphatic carbocycles. The van der Waals surface area contributed by atoms with Gasteiger partial charge in [0.25, 0.3) is 5.79 Å². The zero-order chi connectivity index (χ0) is 21.2. The van der Waals surface area contributed by atoms with Gasteiger partial charge in [-0.1, -0.05) is 26.0 Å². The fraction of sp³-hybridized carbons (Fsp3) is 0.318. The number of rotatable bonds is 5. The maximum absolute atomic E-state index is 12.2. The van der Waals surface area contributed by atoms with Gasteiger partial charge in [0, 0.05) is 25.5 Å². The monoisotopic (exact) mass is 398 g/mol. The third kappa shape index (κ3) is 4.93. The van der Waals surface area contributed by atoms with Crippen LogP contribution >= 0.6 is 0 Å². The first-order valence-electron chi connectivity index (χ1n) is 9.20. The van der Waals surface area contributed by atoms with Gasteiger partial charge < -0.3 is 18.6 Å². The average Bonchev–Trinajstić information content (AvgIpc) is 3.11. The number of hydrogen-bond donors (Lipinski definition) is 0. The van der Waals surface area contributed by atoms with E-state index in [9.17, 15) is 14.4 Å². The molecule has 1 aromatic carbocycles.